The van der Waals surface area contributed by atoms with Gasteiger partial charge in [-0.1, -0.05) is 18.9 Å². The number of aryl methyl sites for hydroxylation is 1. The Morgan fingerprint density at radius 3 is 2.31 bits per heavy atom. The van der Waals surface area contributed by atoms with E-state index >= 15 is 0 Å². The van der Waals surface area contributed by atoms with E-state index in [4.69, 9.17) is 0 Å². The van der Waals surface area contributed by atoms with Crippen molar-refractivity contribution in [3.8, 4) is 0 Å². The summed E-state index contributed by atoms with van der Waals surface area (Å²) in [7, 11) is 0. The fourth-order valence-electron chi connectivity index (χ4n) is 4.04. The molecule has 7 heteroatoms. The maximum absolute atomic E-state index is 12.7. The molecule has 2 fully saturated rings. The van der Waals surface area contributed by atoms with Crippen molar-refractivity contribution in [2.24, 2.45) is 0 Å². The summed E-state index contributed by atoms with van der Waals surface area (Å²) in [6.45, 7) is 9.55. The second-order valence-corrected chi connectivity index (χ2v) is 9.11. The summed E-state index contributed by atoms with van der Waals surface area (Å²) in [5, 5.41) is 3.02. The standard InChI is InChI=1S/C22H33BrN4O2/c1-17-7-8-20(19(23)15-17)24-22(29)18(2)26-13-11-25(12-14-26)16-21(28)27-9-5-3-4-6-10-27/h7-8,15,18H,3-6,9-14,16H2,1-2H3,(H,24,29)/t18-/m1/s1. The summed E-state index contributed by atoms with van der Waals surface area (Å²) in [6.07, 6.45) is 4.73. The van der Waals surface area contributed by atoms with Crippen molar-refractivity contribution in [3.63, 3.8) is 0 Å². The van der Waals surface area contributed by atoms with Gasteiger partial charge >= 0.3 is 0 Å². The van der Waals surface area contributed by atoms with E-state index in [0.29, 0.717) is 6.54 Å². The van der Waals surface area contributed by atoms with Gasteiger partial charge in [0.05, 0.1) is 18.3 Å². The van der Waals surface area contributed by atoms with Gasteiger partial charge in [0.15, 0.2) is 0 Å². The van der Waals surface area contributed by atoms with Gasteiger partial charge in [-0.15, -0.1) is 0 Å². The van der Waals surface area contributed by atoms with Crippen LogP contribution in [0.15, 0.2) is 22.7 Å². The zero-order chi connectivity index (χ0) is 20.8. The summed E-state index contributed by atoms with van der Waals surface area (Å²) in [6, 6.07) is 5.72. The molecule has 0 radical (unpaired) electrons. The van der Waals surface area contributed by atoms with Gasteiger partial charge in [-0.05, 0) is 60.3 Å². The van der Waals surface area contributed by atoms with Crippen LogP contribution in [0.2, 0.25) is 0 Å². The highest BCUT2D eigenvalue weighted by atomic mass is 79.9. The molecule has 0 aliphatic carbocycles. The van der Waals surface area contributed by atoms with Gasteiger partial charge in [-0.2, -0.15) is 0 Å². The summed E-state index contributed by atoms with van der Waals surface area (Å²) >= 11 is 3.52. The number of nitrogens with zero attached hydrogens (tertiary/aromatic N) is 3. The zero-order valence-corrected chi connectivity index (χ0v) is 19.2. The fraction of sp³-hybridized carbons (Fsp3) is 0.636. The number of likely N-dealkylation sites (tertiary alicyclic amines) is 1. The lowest BCUT2D eigenvalue weighted by Crippen LogP contribution is -2.54. The van der Waals surface area contributed by atoms with Crippen molar-refractivity contribution in [1.82, 2.24) is 14.7 Å². The Morgan fingerprint density at radius 1 is 1.03 bits per heavy atom. The van der Waals surface area contributed by atoms with Crippen LogP contribution in [-0.4, -0.2) is 78.4 Å². The molecule has 1 aromatic rings. The van der Waals surface area contributed by atoms with Crippen molar-refractivity contribution in [1.29, 1.82) is 0 Å². The Bertz CT molecular complexity index is 711. The molecule has 2 aliphatic rings. The number of piperazine rings is 1. The minimum atomic E-state index is -0.202. The average molecular weight is 465 g/mol. The van der Waals surface area contributed by atoms with Crippen molar-refractivity contribution in [2.45, 2.75) is 45.6 Å². The van der Waals surface area contributed by atoms with Gasteiger partial charge < -0.3 is 10.2 Å². The maximum Gasteiger partial charge on any atom is 0.241 e. The number of amides is 2. The van der Waals surface area contributed by atoms with Crippen molar-refractivity contribution < 1.29 is 9.59 Å². The molecule has 3 rings (SSSR count). The van der Waals surface area contributed by atoms with Crippen LogP contribution in [0.4, 0.5) is 5.69 Å². The molecule has 160 valence electrons. The first-order valence-corrected chi connectivity index (χ1v) is 11.5. The highest BCUT2D eigenvalue weighted by Gasteiger charge is 2.27. The summed E-state index contributed by atoms with van der Waals surface area (Å²) in [5.41, 5.74) is 1.95. The van der Waals surface area contributed by atoms with E-state index in [2.05, 4.69) is 31.0 Å². The van der Waals surface area contributed by atoms with Crippen molar-refractivity contribution in [3.05, 3.63) is 28.2 Å². The maximum atomic E-state index is 12.7. The molecule has 2 aliphatic heterocycles. The second kappa shape index (κ2) is 10.5. The third-order valence-corrected chi connectivity index (χ3v) is 6.69. The lowest BCUT2D eigenvalue weighted by atomic mass is 10.2. The van der Waals surface area contributed by atoms with E-state index in [1.807, 2.05) is 36.9 Å². The number of carbonyl (C=O) groups excluding carboxylic acids is 2. The van der Waals surface area contributed by atoms with E-state index in [9.17, 15) is 9.59 Å². The molecule has 2 heterocycles. The molecule has 0 saturated carbocycles. The molecular weight excluding hydrogens is 432 g/mol. The van der Waals surface area contributed by atoms with Crippen LogP contribution in [-0.2, 0) is 9.59 Å². The van der Waals surface area contributed by atoms with Gasteiger partial charge in [0, 0.05) is 43.7 Å². The van der Waals surface area contributed by atoms with E-state index in [0.717, 1.165) is 67.8 Å². The first-order valence-electron chi connectivity index (χ1n) is 10.8. The van der Waals surface area contributed by atoms with Crippen LogP contribution in [0.1, 0.15) is 38.2 Å². The minimum Gasteiger partial charge on any atom is -0.342 e. The molecule has 1 atom stereocenters. The van der Waals surface area contributed by atoms with Crippen LogP contribution in [0, 0.1) is 6.92 Å². The molecule has 0 spiro atoms. The highest BCUT2D eigenvalue weighted by Crippen LogP contribution is 2.24. The SMILES string of the molecule is Cc1ccc(NC(=O)[C@@H](C)N2CCN(CC(=O)N3CCCCCC3)CC2)c(Br)c1. The monoisotopic (exact) mass is 464 g/mol. The Hall–Kier alpha value is -1.44. The molecule has 29 heavy (non-hydrogen) atoms. The quantitative estimate of drug-likeness (QED) is 0.726. The van der Waals surface area contributed by atoms with Gasteiger partial charge in [0.25, 0.3) is 0 Å². The Labute approximate surface area is 182 Å². The number of benzene rings is 1. The predicted octanol–water partition coefficient (Wildman–Crippen LogP) is 3.10. The number of carbonyl (C=O) groups is 2. The smallest absolute Gasteiger partial charge is 0.241 e. The number of hydrogen-bond acceptors (Lipinski definition) is 4. The zero-order valence-electron chi connectivity index (χ0n) is 17.6. The van der Waals surface area contributed by atoms with Crippen molar-refractivity contribution in [2.75, 3.05) is 51.1 Å². The molecule has 0 bridgehead atoms. The summed E-state index contributed by atoms with van der Waals surface area (Å²) in [5.74, 6) is 0.263. The van der Waals surface area contributed by atoms with Gasteiger partial charge in [0.2, 0.25) is 11.8 Å². The van der Waals surface area contributed by atoms with E-state index in [1.165, 1.54) is 12.8 Å². The molecule has 1 aromatic carbocycles. The Balaban J connectivity index is 1.45. The number of hydrogen-bond donors (Lipinski definition) is 1. The van der Waals surface area contributed by atoms with Crippen LogP contribution < -0.4 is 5.32 Å². The van der Waals surface area contributed by atoms with Crippen molar-refractivity contribution >= 4 is 33.4 Å². The summed E-state index contributed by atoms with van der Waals surface area (Å²) in [4.78, 5) is 31.8. The molecule has 2 amide bonds. The first-order chi connectivity index (χ1) is 13.9. The lowest BCUT2D eigenvalue weighted by Gasteiger charge is -2.37. The third kappa shape index (κ3) is 6.27. The van der Waals surface area contributed by atoms with Gasteiger partial charge in [0.1, 0.15) is 0 Å². The normalized spacial score (nSPS) is 20.2. The predicted molar refractivity (Wildman–Crippen MR) is 120 cm³/mol. The van der Waals surface area contributed by atoms with Crippen LogP contribution in [0.3, 0.4) is 0 Å². The number of rotatable bonds is 5. The molecule has 0 unspecified atom stereocenters. The summed E-state index contributed by atoms with van der Waals surface area (Å²) < 4.78 is 0.898. The number of nitrogens with one attached hydrogen (secondary N) is 1. The van der Waals surface area contributed by atoms with E-state index in [-0.39, 0.29) is 17.9 Å². The van der Waals surface area contributed by atoms with Crippen LogP contribution in [0.5, 0.6) is 0 Å². The van der Waals surface area contributed by atoms with Gasteiger partial charge in [-0.3, -0.25) is 19.4 Å². The highest BCUT2D eigenvalue weighted by molar-refractivity contribution is 9.10. The fourth-order valence-corrected chi connectivity index (χ4v) is 4.64. The minimum absolute atomic E-state index is 0.00338. The molecule has 0 aromatic heterocycles. The third-order valence-electron chi connectivity index (χ3n) is 6.03. The van der Waals surface area contributed by atoms with E-state index < -0.39 is 0 Å². The van der Waals surface area contributed by atoms with E-state index in [1.54, 1.807) is 0 Å². The first kappa shape index (κ1) is 22.2. The number of halogens is 1. The lowest BCUT2D eigenvalue weighted by molar-refractivity contribution is -0.133. The van der Waals surface area contributed by atoms with Crippen LogP contribution in [0.25, 0.3) is 0 Å². The largest absolute Gasteiger partial charge is 0.342 e. The average Bonchev–Trinajstić information content (AvgIpc) is 3.00. The molecular formula is C22H33BrN4O2. The van der Waals surface area contributed by atoms with Gasteiger partial charge in [-0.25, -0.2) is 0 Å². The molecule has 6 nitrogen and oxygen atoms in total. The second-order valence-electron chi connectivity index (χ2n) is 8.26. The molecule has 1 N–H and O–H groups in total. The Morgan fingerprint density at radius 2 is 1.69 bits per heavy atom. The van der Waals surface area contributed by atoms with Crippen LogP contribution >= 0.6 is 15.9 Å². The number of anilines is 1. The Kier molecular flexibility index (Phi) is 8.09. The molecule has 2 saturated heterocycles. The topological polar surface area (TPSA) is 55.9 Å².